The first-order valence-electron chi connectivity index (χ1n) is 5.54. The molecule has 2 N–H and O–H groups in total. The van der Waals surface area contributed by atoms with E-state index in [1.807, 2.05) is 0 Å². The summed E-state index contributed by atoms with van der Waals surface area (Å²) in [6.45, 7) is 0. The molecule has 19 heavy (non-hydrogen) atoms. The van der Waals surface area contributed by atoms with E-state index in [9.17, 15) is 12.8 Å². The third kappa shape index (κ3) is 3.15. The molecule has 1 aromatic heterocycles. The molecule has 1 aromatic carbocycles. The number of nitrogens with zero attached hydrogens (tertiary/aromatic N) is 1. The lowest BCUT2D eigenvalue weighted by molar-refractivity contribution is 0.602. The summed E-state index contributed by atoms with van der Waals surface area (Å²) in [5.41, 5.74) is 7.22. The molecule has 0 fully saturated rings. The number of aromatic nitrogens is 1. The zero-order valence-corrected chi connectivity index (χ0v) is 11.1. The summed E-state index contributed by atoms with van der Waals surface area (Å²) < 4.78 is 35.7. The van der Waals surface area contributed by atoms with Gasteiger partial charge in [-0.1, -0.05) is 12.1 Å². The summed E-state index contributed by atoms with van der Waals surface area (Å²) in [5, 5.41) is 0. The van der Waals surface area contributed by atoms with Crippen LogP contribution in [0.15, 0.2) is 47.6 Å². The van der Waals surface area contributed by atoms with Gasteiger partial charge in [-0.2, -0.15) is 0 Å². The highest BCUT2D eigenvalue weighted by Crippen LogP contribution is 2.21. The minimum Gasteiger partial charge on any atom is -0.320 e. The van der Waals surface area contributed by atoms with Crippen LogP contribution in [0.3, 0.4) is 0 Å². The number of benzene rings is 1. The van der Waals surface area contributed by atoms with Crippen LogP contribution in [0.2, 0.25) is 0 Å². The zero-order chi connectivity index (χ0) is 14.0. The van der Waals surface area contributed by atoms with Crippen LogP contribution >= 0.6 is 0 Å². The smallest absolute Gasteiger partial charge is 0.175 e. The molecular weight excluding hydrogens is 267 g/mol. The lowest BCUT2D eigenvalue weighted by atomic mass is 10.0. The molecule has 0 aliphatic rings. The van der Waals surface area contributed by atoms with Gasteiger partial charge in [0, 0.05) is 12.5 Å². The Kier molecular flexibility index (Phi) is 3.64. The highest BCUT2D eigenvalue weighted by atomic mass is 32.2. The molecule has 0 amide bonds. The monoisotopic (exact) mass is 280 g/mol. The number of sulfone groups is 1. The van der Waals surface area contributed by atoms with Gasteiger partial charge in [-0.3, -0.25) is 4.98 Å². The Morgan fingerprint density at radius 2 is 1.79 bits per heavy atom. The average Bonchev–Trinajstić information content (AvgIpc) is 2.37. The molecule has 0 radical (unpaired) electrons. The fourth-order valence-electron chi connectivity index (χ4n) is 1.71. The molecule has 6 heteroatoms. The van der Waals surface area contributed by atoms with Crippen molar-refractivity contribution in [2.45, 2.75) is 10.9 Å². The second kappa shape index (κ2) is 5.07. The van der Waals surface area contributed by atoms with E-state index in [-0.39, 0.29) is 4.90 Å². The van der Waals surface area contributed by atoms with Gasteiger partial charge in [-0.05, 0) is 29.3 Å². The van der Waals surface area contributed by atoms with Crippen LogP contribution in [0.25, 0.3) is 0 Å². The summed E-state index contributed by atoms with van der Waals surface area (Å²) in [5.74, 6) is -0.458. The Morgan fingerprint density at radius 3 is 2.32 bits per heavy atom. The molecule has 1 atom stereocenters. The lowest BCUT2D eigenvalue weighted by Gasteiger charge is -2.12. The number of nitrogens with two attached hydrogens (primary N) is 1. The molecule has 0 aliphatic heterocycles. The predicted molar refractivity (Wildman–Crippen MR) is 69.8 cm³/mol. The van der Waals surface area contributed by atoms with Gasteiger partial charge in [0.1, 0.15) is 5.82 Å². The Morgan fingerprint density at radius 1 is 1.16 bits per heavy atom. The molecular formula is C13H13FN2O2S. The molecule has 0 saturated heterocycles. The molecule has 2 rings (SSSR count). The highest BCUT2D eigenvalue weighted by Gasteiger charge is 2.12. The van der Waals surface area contributed by atoms with Gasteiger partial charge in [-0.25, -0.2) is 12.8 Å². The van der Waals surface area contributed by atoms with Crippen molar-refractivity contribution < 1.29 is 12.8 Å². The van der Waals surface area contributed by atoms with Gasteiger partial charge >= 0.3 is 0 Å². The van der Waals surface area contributed by atoms with Crippen molar-refractivity contribution >= 4 is 9.84 Å². The van der Waals surface area contributed by atoms with Crippen LogP contribution in [0.4, 0.5) is 4.39 Å². The van der Waals surface area contributed by atoms with Gasteiger partial charge in [0.05, 0.1) is 17.1 Å². The number of pyridine rings is 1. The first-order chi connectivity index (χ1) is 8.88. The van der Waals surface area contributed by atoms with Gasteiger partial charge < -0.3 is 5.73 Å². The van der Waals surface area contributed by atoms with Crippen LogP contribution in [-0.4, -0.2) is 19.7 Å². The maximum atomic E-state index is 13.1. The van der Waals surface area contributed by atoms with Crippen LogP contribution < -0.4 is 5.73 Å². The fraction of sp³-hybridized carbons (Fsp3) is 0.154. The normalized spacial score (nSPS) is 13.2. The van der Waals surface area contributed by atoms with E-state index in [4.69, 9.17) is 5.73 Å². The van der Waals surface area contributed by atoms with E-state index < -0.39 is 21.7 Å². The maximum Gasteiger partial charge on any atom is 0.175 e. The molecule has 0 spiro atoms. The first kappa shape index (κ1) is 13.6. The maximum absolute atomic E-state index is 13.1. The second-order valence-corrected chi connectivity index (χ2v) is 6.27. The van der Waals surface area contributed by atoms with E-state index in [0.29, 0.717) is 11.1 Å². The van der Waals surface area contributed by atoms with E-state index in [1.165, 1.54) is 24.4 Å². The van der Waals surface area contributed by atoms with Gasteiger partial charge in [0.25, 0.3) is 0 Å². The molecule has 2 aromatic rings. The zero-order valence-electron chi connectivity index (χ0n) is 10.2. The summed E-state index contributed by atoms with van der Waals surface area (Å²) in [6.07, 6.45) is 3.72. The Hall–Kier alpha value is -1.79. The quantitative estimate of drug-likeness (QED) is 0.928. The van der Waals surface area contributed by atoms with E-state index in [2.05, 4.69) is 4.98 Å². The number of hydrogen-bond acceptors (Lipinski definition) is 4. The third-order valence-corrected chi connectivity index (χ3v) is 3.88. The lowest BCUT2D eigenvalue weighted by Crippen LogP contribution is -2.12. The van der Waals surface area contributed by atoms with Crippen molar-refractivity contribution in [1.29, 1.82) is 0 Å². The molecule has 1 unspecified atom stereocenters. The van der Waals surface area contributed by atoms with Crippen LogP contribution in [-0.2, 0) is 9.84 Å². The molecule has 100 valence electrons. The topological polar surface area (TPSA) is 73.0 Å². The molecule has 0 bridgehead atoms. The van der Waals surface area contributed by atoms with Gasteiger partial charge in [-0.15, -0.1) is 0 Å². The Balaban J connectivity index is 2.32. The summed E-state index contributed by atoms with van der Waals surface area (Å²) >= 11 is 0. The van der Waals surface area contributed by atoms with Crippen molar-refractivity contribution in [3.63, 3.8) is 0 Å². The van der Waals surface area contributed by atoms with Crippen molar-refractivity contribution in [3.05, 3.63) is 59.7 Å². The number of rotatable bonds is 3. The summed E-state index contributed by atoms with van der Waals surface area (Å²) in [6, 6.07) is 6.96. The van der Waals surface area contributed by atoms with Gasteiger partial charge in [0.2, 0.25) is 0 Å². The Labute approximate surface area is 111 Å². The number of halogens is 1. The second-order valence-electron chi connectivity index (χ2n) is 4.26. The predicted octanol–water partition coefficient (Wildman–Crippen LogP) is 1.67. The first-order valence-corrected chi connectivity index (χ1v) is 7.43. The average molecular weight is 280 g/mol. The van der Waals surface area contributed by atoms with Crippen molar-refractivity contribution in [2.24, 2.45) is 5.73 Å². The fourth-order valence-corrected chi connectivity index (χ4v) is 2.34. The molecule has 0 saturated carbocycles. The highest BCUT2D eigenvalue weighted by molar-refractivity contribution is 7.90. The van der Waals surface area contributed by atoms with Crippen LogP contribution in [0, 0.1) is 5.82 Å². The largest absolute Gasteiger partial charge is 0.320 e. The van der Waals surface area contributed by atoms with Crippen molar-refractivity contribution in [1.82, 2.24) is 4.98 Å². The molecule has 1 heterocycles. The van der Waals surface area contributed by atoms with E-state index >= 15 is 0 Å². The number of hydrogen-bond donors (Lipinski definition) is 1. The molecule has 4 nitrogen and oxygen atoms in total. The van der Waals surface area contributed by atoms with Gasteiger partial charge in [0.15, 0.2) is 9.84 Å². The minimum absolute atomic E-state index is 0.223. The summed E-state index contributed by atoms with van der Waals surface area (Å²) in [4.78, 5) is 3.96. The standard InChI is InChI=1S/C13H13FN2O2S/c1-19(17,18)12-4-2-9(3-5-12)13(15)10-6-11(14)8-16-7-10/h2-8,13H,15H2,1H3. The van der Waals surface area contributed by atoms with E-state index in [0.717, 1.165) is 12.5 Å². The molecule has 0 aliphatic carbocycles. The van der Waals surface area contributed by atoms with Crippen LogP contribution in [0.5, 0.6) is 0 Å². The summed E-state index contributed by atoms with van der Waals surface area (Å²) in [7, 11) is -3.23. The third-order valence-electron chi connectivity index (χ3n) is 2.75. The SMILES string of the molecule is CS(=O)(=O)c1ccc(C(N)c2cncc(F)c2)cc1. The van der Waals surface area contributed by atoms with Crippen molar-refractivity contribution in [3.8, 4) is 0 Å². The van der Waals surface area contributed by atoms with E-state index in [1.54, 1.807) is 12.1 Å². The minimum atomic E-state index is -3.23. The Bertz CT molecular complexity index is 684. The van der Waals surface area contributed by atoms with Crippen LogP contribution in [0.1, 0.15) is 17.2 Å². The van der Waals surface area contributed by atoms with Crippen molar-refractivity contribution in [2.75, 3.05) is 6.26 Å².